The number of hydrogen-bond donors (Lipinski definition) is 1. The molecule has 94 valence electrons. The van der Waals surface area contributed by atoms with Gasteiger partial charge in [0.25, 0.3) is 0 Å². The van der Waals surface area contributed by atoms with Crippen LogP contribution in [0.1, 0.15) is 19.4 Å². The van der Waals surface area contributed by atoms with Crippen LogP contribution in [0.3, 0.4) is 0 Å². The van der Waals surface area contributed by atoms with Gasteiger partial charge in [-0.05, 0) is 17.7 Å². The van der Waals surface area contributed by atoms with Gasteiger partial charge < -0.3 is 19.5 Å². The van der Waals surface area contributed by atoms with E-state index in [-0.39, 0.29) is 0 Å². The molecule has 2 rings (SSSR count). The third-order valence-electron chi connectivity index (χ3n) is 2.60. The Balaban J connectivity index is 2.23. The van der Waals surface area contributed by atoms with Gasteiger partial charge in [-0.25, -0.2) is 0 Å². The van der Waals surface area contributed by atoms with Crippen molar-refractivity contribution in [1.82, 2.24) is 5.32 Å². The van der Waals surface area contributed by atoms with Crippen molar-refractivity contribution in [3.05, 3.63) is 17.7 Å². The van der Waals surface area contributed by atoms with Crippen molar-refractivity contribution in [2.45, 2.75) is 26.4 Å². The Hall–Kier alpha value is -1.42. The van der Waals surface area contributed by atoms with Gasteiger partial charge in [-0.1, -0.05) is 13.8 Å². The van der Waals surface area contributed by atoms with E-state index in [2.05, 4.69) is 19.2 Å². The summed E-state index contributed by atoms with van der Waals surface area (Å²) in [7, 11) is 1.65. The molecule has 4 nitrogen and oxygen atoms in total. The van der Waals surface area contributed by atoms with Gasteiger partial charge in [-0.15, -0.1) is 0 Å². The molecule has 0 aliphatic carbocycles. The van der Waals surface area contributed by atoms with Crippen molar-refractivity contribution in [2.24, 2.45) is 0 Å². The number of ether oxygens (including phenoxy) is 3. The Kier molecular flexibility index (Phi) is 3.74. The van der Waals surface area contributed by atoms with Gasteiger partial charge in [0.1, 0.15) is 13.2 Å². The van der Waals surface area contributed by atoms with Crippen molar-refractivity contribution in [3.63, 3.8) is 0 Å². The second-order valence-electron chi connectivity index (χ2n) is 4.36. The largest absolute Gasteiger partial charge is 0.493 e. The predicted octanol–water partition coefficient (Wildman–Crippen LogP) is 1.96. The zero-order valence-electron chi connectivity index (χ0n) is 10.6. The van der Waals surface area contributed by atoms with Crippen LogP contribution in [0.4, 0.5) is 0 Å². The Labute approximate surface area is 102 Å². The number of hydrogen-bond acceptors (Lipinski definition) is 4. The first-order chi connectivity index (χ1) is 8.20. The third kappa shape index (κ3) is 2.82. The van der Waals surface area contributed by atoms with Crippen LogP contribution in [0.5, 0.6) is 17.2 Å². The quantitative estimate of drug-likeness (QED) is 0.869. The lowest BCUT2D eigenvalue weighted by Gasteiger charge is -2.21. The molecule has 0 fully saturated rings. The van der Waals surface area contributed by atoms with E-state index < -0.39 is 0 Å². The molecule has 0 unspecified atom stereocenters. The minimum Gasteiger partial charge on any atom is -0.493 e. The predicted molar refractivity (Wildman–Crippen MR) is 66.0 cm³/mol. The smallest absolute Gasteiger partial charge is 0.203 e. The lowest BCUT2D eigenvalue weighted by Crippen LogP contribution is -2.22. The van der Waals surface area contributed by atoms with E-state index in [1.807, 2.05) is 12.1 Å². The fourth-order valence-corrected chi connectivity index (χ4v) is 1.75. The molecule has 1 heterocycles. The molecule has 0 spiro atoms. The number of benzene rings is 1. The Morgan fingerprint density at radius 1 is 1.29 bits per heavy atom. The molecule has 1 aliphatic rings. The summed E-state index contributed by atoms with van der Waals surface area (Å²) in [5, 5.41) is 3.37. The molecule has 0 radical (unpaired) electrons. The SMILES string of the molecule is COc1cc(CNC(C)C)cc2c1OCCO2. The van der Waals surface area contributed by atoms with Crippen molar-refractivity contribution in [3.8, 4) is 17.2 Å². The normalized spacial score (nSPS) is 13.9. The fourth-order valence-electron chi connectivity index (χ4n) is 1.75. The van der Waals surface area contributed by atoms with Crippen LogP contribution in [0.15, 0.2) is 12.1 Å². The van der Waals surface area contributed by atoms with Crippen molar-refractivity contribution in [2.75, 3.05) is 20.3 Å². The molecule has 0 aromatic heterocycles. The van der Waals surface area contributed by atoms with E-state index in [1.165, 1.54) is 0 Å². The molecule has 0 bridgehead atoms. The van der Waals surface area contributed by atoms with Crippen LogP contribution in [-0.4, -0.2) is 26.4 Å². The Morgan fingerprint density at radius 3 is 2.76 bits per heavy atom. The number of fused-ring (bicyclic) bond motifs is 1. The third-order valence-corrected chi connectivity index (χ3v) is 2.60. The minimum atomic E-state index is 0.453. The number of nitrogens with one attached hydrogen (secondary N) is 1. The van der Waals surface area contributed by atoms with Crippen molar-refractivity contribution in [1.29, 1.82) is 0 Å². The maximum atomic E-state index is 5.58. The average molecular weight is 237 g/mol. The highest BCUT2D eigenvalue weighted by atomic mass is 16.6. The highest BCUT2D eigenvalue weighted by Gasteiger charge is 2.18. The molecular weight excluding hydrogens is 218 g/mol. The van der Waals surface area contributed by atoms with E-state index in [9.17, 15) is 0 Å². The molecule has 1 N–H and O–H groups in total. The summed E-state index contributed by atoms with van der Waals surface area (Å²) in [6.07, 6.45) is 0. The van der Waals surface area contributed by atoms with Crippen LogP contribution in [-0.2, 0) is 6.54 Å². The summed E-state index contributed by atoms with van der Waals surface area (Å²) in [6.45, 7) is 6.21. The maximum absolute atomic E-state index is 5.58. The topological polar surface area (TPSA) is 39.7 Å². The lowest BCUT2D eigenvalue weighted by molar-refractivity contribution is 0.165. The molecular formula is C13H19NO3. The molecule has 0 atom stereocenters. The first kappa shape index (κ1) is 12.0. The van der Waals surface area contributed by atoms with Crippen LogP contribution in [0.2, 0.25) is 0 Å². The number of methoxy groups -OCH3 is 1. The Bertz CT molecular complexity index is 373. The van der Waals surface area contributed by atoms with Gasteiger partial charge in [-0.3, -0.25) is 0 Å². The van der Waals surface area contributed by atoms with E-state index in [0.717, 1.165) is 23.6 Å². The van der Waals surface area contributed by atoms with Crippen LogP contribution in [0.25, 0.3) is 0 Å². The van der Waals surface area contributed by atoms with Gasteiger partial charge in [-0.2, -0.15) is 0 Å². The summed E-state index contributed by atoms with van der Waals surface area (Å²) >= 11 is 0. The summed E-state index contributed by atoms with van der Waals surface area (Å²) in [6, 6.07) is 4.45. The van der Waals surface area contributed by atoms with E-state index in [1.54, 1.807) is 7.11 Å². The zero-order valence-corrected chi connectivity index (χ0v) is 10.6. The van der Waals surface area contributed by atoms with Gasteiger partial charge in [0.05, 0.1) is 7.11 Å². The fraction of sp³-hybridized carbons (Fsp3) is 0.538. The second kappa shape index (κ2) is 5.27. The van der Waals surface area contributed by atoms with Crippen LogP contribution < -0.4 is 19.5 Å². The number of rotatable bonds is 4. The highest BCUT2D eigenvalue weighted by Crippen LogP contribution is 2.40. The Morgan fingerprint density at radius 2 is 2.06 bits per heavy atom. The summed E-state index contributed by atoms with van der Waals surface area (Å²) in [4.78, 5) is 0. The van der Waals surface area contributed by atoms with Crippen molar-refractivity contribution >= 4 is 0 Å². The van der Waals surface area contributed by atoms with Gasteiger partial charge in [0.15, 0.2) is 11.5 Å². The van der Waals surface area contributed by atoms with Crippen LogP contribution >= 0.6 is 0 Å². The van der Waals surface area contributed by atoms with E-state index >= 15 is 0 Å². The first-order valence-electron chi connectivity index (χ1n) is 5.90. The van der Waals surface area contributed by atoms with Crippen LogP contribution in [0, 0.1) is 0 Å². The molecule has 0 saturated carbocycles. The van der Waals surface area contributed by atoms with Crippen molar-refractivity contribution < 1.29 is 14.2 Å². The van der Waals surface area contributed by atoms with Gasteiger partial charge >= 0.3 is 0 Å². The summed E-state index contributed by atoms with van der Waals surface area (Å²) < 4.78 is 16.5. The minimum absolute atomic E-state index is 0.453. The lowest BCUT2D eigenvalue weighted by atomic mass is 10.1. The van der Waals surface area contributed by atoms with E-state index in [0.29, 0.717) is 25.0 Å². The van der Waals surface area contributed by atoms with E-state index in [4.69, 9.17) is 14.2 Å². The molecule has 1 aromatic carbocycles. The molecule has 1 aliphatic heterocycles. The second-order valence-corrected chi connectivity index (χ2v) is 4.36. The molecule has 17 heavy (non-hydrogen) atoms. The molecule has 0 saturated heterocycles. The molecule has 4 heteroatoms. The zero-order chi connectivity index (χ0) is 12.3. The monoisotopic (exact) mass is 237 g/mol. The molecule has 0 amide bonds. The highest BCUT2D eigenvalue weighted by molar-refractivity contribution is 5.54. The maximum Gasteiger partial charge on any atom is 0.203 e. The first-order valence-corrected chi connectivity index (χ1v) is 5.90. The molecule has 1 aromatic rings. The summed E-state index contributed by atoms with van der Waals surface area (Å²) in [5.74, 6) is 2.23. The average Bonchev–Trinajstić information content (AvgIpc) is 2.35. The van der Waals surface area contributed by atoms with Gasteiger partial charge in [0.2, 0.25) is 5.75 Å². The standard InChI is InChI=1S/C13H19NO3/c1-9(2)14-8-10-6-11(15-3)13-12(7-10)16-4-5-17-13/h6-7,9,14H,4-5,8H2,1-3H3. The van der Waals surface area contributed by atoms with Gasteiger partial charge in [0, 0.05) is 12.6 Å². The summed E-state index contributed by atoms with van der Waals surface area (Å²) in [5.41, 5.74) is 1.14.